The van der Waals surface area contributed by atoms with Gasteiger partial charge in [-0.3, -0.25) is 0 Å². The van der Waals surface area contributed by atoms with Gasteiger partial charge >= 0.3 is 0 Å². The van der Waals surface area contributed by atoms with Crippen molar-refractivity contribution < 1.29 is 8.42 Å². The third-order valence-corrected chi connectivity index (χ3v) is 4.06. The molecule has 1 rings (SSSR count). The Morgan fingerprint density at radius 3 is 2.36 bits per heavy atom. The van der Waals surface area contributed by atoms with Gasteiger partial charge in [-0.2, -0.15) is 4.31 Å². The van der Waals surface area contributed by atoms with E-state index >= 15 is 0 Å². The van der Waals surface area contributed by atoms with Gasteiger partial charge in [-0.25, -0.2) is 13.7 Å². The molecule has 0 bridgehead atoms. The fraction of sp³-hybridized carbons (Fsp3) is 1.00. The third-order valence-electron chi connectivity index (χ3n) is 2.20. The van der Waals surface area contributed by atoms with Crippen molar-refractivity contribution in [2.45, 2.75) is 0 Å². The average molecular weight is 220 g/mol. The highest BCUT2D eigenvalue weighted by atomic mass is 32.2. The lowest BCUT2D eigenvalue weighted by molar-refractivity contribution is 0.351. The number of hydrogen-bond acceptors (Lipinski definition) is 3. The molecule has 1 fully saturated rings. The lowest BCUT2D eigenvalue weighted by Crippen LogP contribution is -2.45. The van der Waals surface area contributed by atoms with Crippen LogP contribution in [0.15, 0.2) is 0 Å². The van der Waals surface area contributed by atoms with Gasteiger partial charge in [0.05, 0.1) is 5.75 Å². The summed E-state index contributed by atoms with van der Waals surface area (Å²) in [6.45, 7) is 2.96. The van der Waals surface area contributed by atoms with Crippen molar-refractivity contribution >= 4 is 10.0 Å². The smallest absolute Gasteiger partial charge is 0.215 e. The molecule has 6 heteroatoms. The summed E-state index contributed by atoms with van der Waals surface area (Å²) in [6.07, 6.45) is 0. The molecule has 0 aromatic rings. The molecule has 0 aliphatic carbocycles. The second kappa shape index (κ2) is 5.06. The molecule has 1 radical (unpaired) electrons. The molecule has 0 unspecified atom stereocenters. The van der Waals surface area contributed by atoms with Gasteiger partial charge in [0.25, 0.3) is 0 Å². The molecule has 1 aliphatic heterocycles. The predicted molar refractivity (Wildman–Crippen MR) is 55.8 cm³/mol. The van der Waals surface area contributed by atoms with E-state index in [4.69, 9.17) is 0 Å². The Bertz CT molecular complexity index is 258. The molecule has 1 saturated heterocycles. The first-order chi connectivity index (χ1) is 6.52. The quantitative estimate of drug-likeness (QED) is 0.598. The van der Waals surface area contributed by atoms with Gasteiger partial charge in [-0.1, -0.05) is 0 Å². The monoisotopic (exact) mass is 220 g/mol. The van der Waals surface area contributed by atoms with Gasteiger partial charge < -0.3 is 4.90 Å². The fourth-order valence-electron chi connectivity index (χ4n) is 1.29. The van der Waals surface area contributed by atoms with E-state index in [1.54, 1.807) is 4.31 Å². The first-order valence-electron chi connectivity index (χ1n) is 4.78. The molecule has 83 valence electrons. The molecule has 0 aromatic carbocycles. The second-order valence-corrected chi connectivity index (χ2v) is 5.78. The maximum atomic E-state index is 11.7. The average Bonchev–Trinajstić information content (AvgIpc) is 2.16. The Kier molecular flexibility index (Phi) is 4.31. The van der Waals surface area contributed by atoms with E-state index in [-0.39, 0.29) is 5.75 Å². The molecule has 1 heterocycles. The molecule has 0 N–H and O–H groups in total. The van der Waals surface area contributed by atoms with Crippen LogP contribution in [0.2, 0.25) is 0 Å². The summed E-state index contributed by atoms with van der Waals surface area (Å²) in [6, 6.07) is 0. The van der Waals surface area contributed by atoms with E-state index in [2.05, 4.69) is 5.32 Å². The van der Waals surface area contributed by atoms with Gasteiger partial charge in [-0.15, -0.1) is 0 Å². The van der Waals surface area contributed by atoms with E-state index in [1.807, 2.05) is 19.0 Å². The molecule has 0 atom stereocenters. The summed E-state index contributed by atoms with van der Waals surface area (Å²) in [5.41, 5.74) is 0. The van der Waals surface area contributed by atoms with Crippen LogP contribution in [0.4, 0.5) is 0 Å². The summed E-state index contributed by atoms with van der Waals surface area (Å²) in [5, 5.41) is 4.12. The Morgan fingerprint density at radius 1 is 1.29 bits per heavy atom. The van der Waals surface area contributed by atoms with Gasteiger partial charge in [-0.05, 0) is 14.1 Å². The third kappa shape index (κ3) is 3.53. The van der Waals surface area contributed by atoms with E-state index in [0.717, 1.165) is 0 Å². The SMILES string of the molecule is CN(C)CCS(=O)(=O)N1CC[N]CC1. The minimum Gasteiger partial charge on any atom is -0.308 e. The number of sulfonamides is 1. The maximum Gasteiger partial charge on any atom is 0.215 e. The van der Waals surface area contributed by atoms with Crippen LogP contribution in [0.1, 0.15) is 0 Å². The molecule has 14 heavy (non-hydrogen) atoms. The van der Waals surface area contributed by atoms with Crippen LogP contribution in [0, 0.1) is 0 Å². The first-order valence-corrected chi connectivity index (χ1v) is 6.39. The zero-order valence-electron chi connectivity index (χ0n) is 8.81. The standard InChI is InChI=1S/C8H18N3O2S/c1-10(2)7-8-14(12,13)11-5-3-9-4-6-11/h3-8H2,1-2H3. The summed E-state index contributed by atoms with van der Waals surface area (Å²) in [7, 11) is 0.705. The van der Waals surface area contributed by atoms with Gasteiger partial charge in [0.15, 0.2) is 0 Å². The number of piperazine rings is 1. The summed E-state index contributed by atoms with van der Waals surface area (Å²) < 4.78 is 25.0. The minimum atomic E-state index is -3.05. The topological polar surface area (TPSA) is 54.7 Å². The Hall–Kier alpha value is -0.170. The number of nitrogens with zero attached hydrogens (tertiary/aromatic N) is 3. The van der Waals surface area contributed by atoms with E-state index in [1.165, 1.54) is 0 Å². The molecule has 0 spiro atoms. The molecular weight excluding hydrogens is 202 g/mol. The van der Waals surface area contributed by atoms with E-state index in [0.29, 0.717) is 32.7 Å². The zero-order chi connectivity index (χ0) is 10.6. The van der Waals surface area contributed by atoms with Gasteiger partial charge in [0, 0.05) is 32.7 Å². The van der Waals surface area contributed by atoms with Gasteiger partial charge in [0.2, 0.25) is 10.0 Å². The molecular formula is C8H18N3O2S. The molecule has 1 aliphatic rings. The Labute approximate surface area is 86.1 Å². The van der Waals surface area contributed by atoms with Crippen molar-refractivity contribution in [1.29, 1.82) is 0 Å². The molecule has 0 aromatic heterocycles. The molecule has 0 amide bonds. The van der Waals surface area contributed by atoms with Crippen molar-refractivity contribution in [2.75, 3.05) is 52.6 Å². The largest absolute Gasteiger partial charge is 0.308 e. The number of hydrogen-bond donors (Lipinski definition) is 0. The normalized spacial score (nSPS) is 20.2. The van der Waals surface area contributed by atoms with Crippen LogP contribution in [0.5, 0.6) is 0 Å². The van der Waals surface area contributed by atoms with Crippen molar-refractivity contribution in [3.63, 3.8) is 0 Å². The van der Waals surface area contributed by atoms with E-state index < -0.39 is 10.0 Å². The fourth-order valence-corrected chi connectivity index (χ4v) is 2.87. The van der Waals surface area contributed by atoms with Gasteiger partial charge in [0.1, 0.15) is 0 Å². The van der Waals surface area contributed by atoms with Crippen molar-refractivity contribution in [3.8, 4) is 0 Å². The summed E-state index contributed by atoms with van der Waals surface area (Å²) >= 11 is 0. The first kappa shape index (κ1) is 11.9. The van der Waals surface area contributed by atoms with Crippen molar-refractivity contribution in [1.82, 2.24) is 14.5 Å². The highest BCUT2D eigenvalue weighted by Gasteiger charge is 2.23. The van der Waals surface area contributed by atoms with Crippen LogP contribution in [0.3, 0.4) is 0 Å². The maximum absolute atomic E-state index is 11.7. The van der Waals surface area contributed by atoms with Crippen molar-refractivity contribution in [3.05, 3.63) is 0 Å². The van der Waals surface area contributed by atoms with Crippen molar-refractivity contribution in [2.24, 2.45) is 0 Å². The molecule has 5 nitrogen and oxygen atoms in total. The summed E-state index contributed by atoms with van der Waals surface area (Å²) in [5.74, 6) is 0.208. The summed E-state index contributed by atoms with van der Waals surface area (Å²) in [4.78, 5) is 1.88. The van der Waals surface area contributed by atoms with Crippen LogP contribution >= 0.6 is 0 Å². The minimum absolute atomic E-state index is 0.208. The highest BCUT2D eigenvalue weighted by molar-refractivity contribution is 7.89. The lowest BCUT2D eigenvalue weighted by atomic mass is 10.4. The van der Waals surface area contributed by atoms with Crippen LogP contribution < -0.4 is 5.32 Å². The Balaban J connectivity index is 2.46. The Morgan fingerprint density at radius 2 is 1.86 bits per heavy atom. The van der Waals surface area contributed by atoms with Crippen LogP contribution in [-0.2, 0) is 10.0 Å². The predicted octanol–water partition coefficient (Wildman–Crippen LogP) is -1.20. The lowest BCUT2D eigenvalue weighted by Gasteiger charge is -2.26. The van der Waals surface area contributed by atoms with E-state index in [9.17, 15) is 8.42 Å². The zero-order valence-corrected chi connectivity index (χ0v) is 9.63. The number of rotatable bonds is 4. The molecule has 0 saturated carbocycles. The highest BCUT2D eigenvalue weighted by Crippen LogP contribution is 2.03. The van der Waals surface area contributed by atoms with Crippen LogP contribution in [-0.4, -0.2) is 70.2 Å². The van der Waals surface area contributed by atoms with Crippen LogP contribution in [0.25, 0.3) is 0 Å². The second-order valence-electron chi connectivity index (χ2n) is 3.69.